The molecule has 0 bridgehead atoms. The van der Waals surface area contributed by atoms with Gasteiger partial charge in [0.15, 0.2) is 5.78 Å². The summed E-state index contributed by atoms with van der Waals surface area (Å²) in [6, 6.07) is 7.15. The lowest BCUT2D eigenvalue weighted by molar-refractivity contribution is -0.136. The van der Waals surface area contributed by atoms with Gasteiger partial charge in [-0.05, 0) is 44.7 Å². The van der Waals surface area contributed by atoms with Crippen LogP contribution in [-0.2, 0) is 4.79 Å². The van der Waals surface area contributed by atoms with Gasteiger partial charge in [0.2, 0.25) is 0 Å². The van der Waals surface area contributed by atoms with Gasteiger partial charge < -0.3 is 15.3 Å². The summed E-state index contributed by atoms with van der Waals surface area (Å²) in [5.74, 6) is -0.748. The molecule has 0 saturated carbocycles. The summed E-state index contributed by atoms with van der Waals surface area (Å²) < 4.78 is 0. The maximum Gasteiger partial charge on any atom is 0.305 e. The van der Waals surface area contributed by atoms with Crippen LogP contribution in [-0.4, -0.2) is 43.0 Å². The molecule has 0 aromatic heterocycles. The van der Waals surface area contributed by atoms with Crippen molar-refractivity contribution in [1.82, 2.24) is 5.32 Å². The number of hydrogen-bond donors (Lipinski definition) is 2. The first kappa shape index (κ1) is 17.2. The molecule has 0 radical (unpaired) electrons. The van der Waals surface area contributed by atoms with Crippen molar-refractivity contribution in [2.45, 2.75) is 32.7 Å². The van der Waals surface area contributed by atoms with Gasteiger partial charge in [-0.3, -0.25) is 9.59 Å². The number of anilines is 1. The highest BCUT2D eigenvalue weighted by atomic mass is 16.4. The van der Waals surface area contributed by atoms with Gasteiger partial charge in [-0.2, -0.15) is 0 Å². The first-order valence-corrected chi connectivity index (χ1v) is 7.27. The second-order valence-corrected chi connectivity index (χ2v) is 5.05. The molecule has 0 heterocycles. The van der Waals surface area contributed by atoms with Crippen LogP contribution in [0, 0.1) is 0 Å². The highest BCUT2D eigenvalue weighted by molar-refractivity contribution is 6.00. The second-order valence-electron chi connectivity index (χ2n) is 5.05. The minimum absolute atomic E-state index is 0.0524. The standard InChI is InChI=1S/C16H24N2O3/c1-4-10-18(11-9-15(19)20)14-7-5-13(6-8-14)16(21)12(2)17-3/h5-8,12,17H,4,9-11H2,1-3H3,(H,19,20). The van der Waals surface area contributed by atoms with Crippen LogP contribution < -0.4 is 10.2 Å². The van der Waals surface area contributed by atoms with E-state index in [0.717, 1.165) is 18.7 Å². The van der Waals surface area contributed by atoms with Crippen LogP contribution in [0.25, 0.3) is 0 Å². The predicted octanol–water partition coefficient (Wildman–Crippen LogP) is 2.17. The van der Waals surface area contributed by atoms with E-state index in [-0.39, 0.29) is 18.2 Å². The summed E-state index contributed by atoms with van der Waals surface area (Å²) in [6.45, 7) is 5.16. The van der Waals surface area contributed by atoms with E-state index < -0.39 is 5.97 Å². The molecule has 0 saturated heterocycles. The van der Waals surface area contributed by atoms with Crippen LogP contribution in [0.3, 0.4) is 0 Å². The predicted molar refractivity (Wildman–Crippen MR) is 84.1 cm³/mol. The molecule has 1 unspecified atom stereocenters. The molecule has 0 fully saturated rings. The average Bonchev–Trinajstić information content (AvgIpc) is 2.50. The number of nitrogens with one attached hydrogen (secondary N) is 1. The minimum Gasteiger partial charge on any atom is -0.481 e. The molecule has 21 heavy (non-hydrogen) atoms. The van der Waals surface area contributed by atoms with E-state index in [0.29, 0.717) is 12.1 Å². The Hall–Kier alpha value is -1.88. The highest BCUT2D eigenvalue weighted by Crippen LogP contribution is 2.17. The molecule has 0 aliphatic carbocycles. The third kappa shape index (κ3) is 5.19. The molecule has 1 aromatic carbocycles. The molecule has 5 heteroatoms. The Morgan fingerprint density at radius 1 is 1.24 bits per heavy atom. The lowest BCUT2D eigenvalue weighted by Crippen LogP contribution is -2.31. The van der Waals surface area contributed by atoms with Crippen molar-refractivity contribution < 1.29 is 14.7 Å². The molecule has 0 aliphatic rings. The molecule has 0 aliphatic heterocycles. The molecule has 0 spiro atoms. The van der Waals surface area contributed by atoms with E-state index in [1.165, 1.54) is 0 Å². The van der Waals surface area contributed by atoms with Crippen molar-refractivity contribution in [3.63, 3.8) is 0 Å². The first-order valence-electron chi connectivity index (χ1n) is 7.27. The number of carbonyl (C=O) groups is 2. The van der Waals surface area contributed by atoms with Crippen molar-refractivity contribution in [1.29, 1.82) is 0 Å². The minimum atomic E-state index is -0.800. The fourth-order valence-electron chi connectivity index (χ4n) is 2.09. The smallest absolute Gasteiger partial charge is 0.305 e. The van der Waals surface area contributed by atoms with Crippen LogP contribution in [0.2, 0.25) is 0 Å². The van der Waals surface area contributed by atoms with E-state index >= 15 is 0 Å². The number of carboxylic acids is 1. The molecule has 2 N–H and O–H groups in total. The van der Waals surface area contributed by atoms with Gasteiger partial charge in [0, 0.05) is 24.3 Å². The van der Waals surface area contributed by atoms with Crippen molar-refractivity contribution in [3.05, 3.63) is 29.8 Å². The number of benzene rings is 1. The number of carbonyl (C=O) groups excluding carboxylic acids is 1. The maximum absolute atomic E-state index is 12.0. The summed E-state index contributed by atoms with van der Waals surface area (Å²) in [4.78, 5) is 24.8. The number of hydrogen-bond acceptors (Lipinski definition) is 4. The van der Waals surface area contributed by atoms with Crippen LogP contribution in [0.1, 0.15) is 37.0 Å². The van der Waals surface area contributed by atoms with Gasteiger partial charge in [0.05, 0.1) is 12.5 Å². The fraction of sp³-hybridized carbons (Fsp3) is 0.500. The van der Waals surface area contributed by atoms with E-state index in [4.69, 9.17) is 5.11 Å². The largest absolute Gasteiger partial charge is 0.481 e. The van der Waals surface area contributed by atoms with Crippen molar-refractivity contribution in [2.24, 2.45) is 0 Å². The fourth-order valence-corrected chi connectivity index (χ4v) is 2.09. The third-order valence-electron chi connectivity index (χ3n) is 3.43. The Morgan fingerprint density at radius 2 is 1.86 bits per heavy atom. The quantitative estimate of drug-likeness (QED) is 0.683. The Balaban J connectivity index is 2.82. The monoisotopic (exact) mass is 292 g/mol. The number of carboxylic acid groups (broad SMARTS) is 1. The van der Waals surface area contributed by atoms with Gasteiger partial charge >= 0.3 is 5.97 Å². The van der Waals surface area contributed by atoms with E-state index in [9.17, 15) is 9.59 Å². The number of nitrogens with zero attached hydrogens (tertiary/aromatic N) is 1. The number of aliphatic carboxylic acids is 1. The van der Waals surface area contributed by atoms with Crippen molar-refractivity contribution in [3.8, 4) is 0 Å². The SMILES string of the molecule is CCCN(CCC(=O)O)c1ccc(C(=O)C(C)NC)cc1. The molecule has 0 amide bonds. The van der Waals surface area contributed by atoms with Crippen LogP contribution >= 0.6 is 0 Å². The topological polar surface area (TPSA) is 69.6 Å². The zero-order valence-corrected chi connectivity index (χ0v) is 12.9. The molecule has 5 nitrogen and oxygen atoms in total. The Morgan fingerprint density at radius 3 is 2.33 bits per heavy atom. The van der Waals surface area contributed by atoms with Gasteiger partial charge in [0.1, 0.15) is 0 Å². The Kier molecular flexibility index (Phi) is 6.88. The van der Waals surface area contributed by atoms with Crippen LogP contribution in [0.15, 0.2) is 24.3 Å². The normalized spacial score (nSPS) is 12.0. The van der Waals surface area contributed by atoms with E-state index in [1.807, 2.05) is 24.0 Å². The zero-order valence-electron chi connectivity index (χ0n) is 12.9. The molecular weight excluding hydrogens is 268 g/mol. The highest BCUT2D eigenvalue weighted by Gasteiger charge is 2.14. The summed E-state index contributed by atoms with van der Waals surface area (Å²) in [5, 5.41) is 11.7. The molecule has 116 valence electrons. The Labute approximate surface area is 126 Å². The Bertz CT molecular complexity index is 471. The lowest BCUT2D eigenvalue weighted by Gasteiger charge is -2.24. The lowest BCUT2D eigenvalue weighted by atomic mass is 10.0. The summed E-state index contributed by atoms with van der Waals surface area (Å²) in [7, 11) is 1.76. The molecule has 1 rings (SSSR count). The van der Waals surface area contributed by atoms with Gasteiger partial charge in [0.25, 0.3) is 0 Å². The maximum atomic E-state index is 12.0. The third-order valence-corrected chi connectivity index (χ3v) is 3.43. The molecule has 1 aromatic rings. The summed E-state index contributed by atoms with van der Waals surface area (Å²) in [5.41, 5.74) is 1.61. The number of Topliss-reactive ketones (excluding diaryl/α,β-unsaturated/α-hetero) is 1. The van der Waals surface area contributed by atoms with Crippen molar-refractivity contribution >= 4 is 17.4 Å². The van der Waals surface area contributed by atoms with E-state index in [2.05, 4.69) is 12.2 Å². The zero-order chi connectivity index (χ0) is 15.8. The first-order chi connectivity index (χ1) is 9.99. The molecule has 1 atom stereocenters. The second kappa shape index (κ2) is 8.42. The van der Waals surface area contributed by atoms with Crippen molar-refractivity contribution in [2.75, 3.05) is 25.0 Å². The number of rotatable bonds is 9. The number of ketones is 1. The van der Waals surface area contributed by atoms with Gasteiger partial charge in [-0.1, -0.05) is 6.92 Å². The van der Waals surface area contributed by atoms with Gasteiger partial charge in [-0.25, -0.2) is 0 Å². The van der Waals surface area contributed by atoms with E-state index in [1.54, 1.807) is 19.2 Å². The average molecular weight is 292 g/mol. The van der Waals surface area contributed by atoms with Crippen LogP contribution in [0.4, 0.5) is 5.69 Å². The van der Waals surface area contributed by atoms with Crippen LogP contribution in [0.5, 0.6) is 0 Å². The number of likely N-dealkylation sites (N-methyl/N-ethyl adjacent to an activating group) is 1. The van der Waals surface area contributed by atoms with Gasteiger partial charge in [-0.15, -0.1) is 0 Å². The summed E-state index contributed by atoms with van der Waals surface area (Å²) in [6.07, 6.45) is 1.05. The summed E-state index contributed by atoms with van der Waals surface area (Å²) >= 11 is 0. The molecular formula is C16H24N2O3.